The molecule has 1 atom stereocenters. The maximum absolute atomic E-state index is 12.5. The molecule has 0 aliphatic carbocycles. The molecule has 0 heterocycles. The van der Waals surface area contributed by atoms with Gasteiger partial charge >= 0.3 is 5.51 Å². The van der Waals surface area contributed by atoms with E-state index < -0.39 is 20.2 Å². The summed E-state index contributed by atoms with van der Waals surface area (Å²) in [7, 11) is -3.93. The van der Waals surface area contributed by atoms with Gasteiger partial charge in [0.05, 0.1) is 17.2 Å². The van der Waals surface area contributed by atoms with Crippen LogP contribution in [0.25, 0.3) is 0 Å². The van der Waals surface area contributed by atoms with E-state index in [-0.39, 0.29) is 18.3 Å². The summed E-state index contributed by atoms with van der Waals surface area (Å²) in [6.07, 6.45) is 0. The molecule has 0 saturated heterocycles. The molecule has 108 valence electrons. The van der Waals surface area contributed by atoms with E-state index in [2.05, 4.69) is 5.32 Å². The Morgan fingerprint density at radius 2 is 1.89 bits per heavy atom. The lowest BCUT2D eigenvalue weighted by molar-refractivity contribution is -0.0435. The number of alkyl halides is 3. The van der Waals surface area contributed by atoms with Crippen LogP contribution >= 0.6 is 0 Å². The number of methoxy groups -OCH3 is 1. The molecule has 4 nitrogen and oxygen atoms in total. The van der Waals surface area contributed by atoms with Crippen molar-refractivity contribution in [3.05, 3.63) is 24.3 Å². The summed E-state index contributed by atoms with van der Waals surface area (Å²) < 4.78 is 65.3. The van der Waals surface area contributed by atoms with Crippen LogP contribution in [0.5, 0.6) is 0 Å². The Bertz CT molecular complexity index is 528. The van der Waals surface area contributed by atoms with Crippen molar-refractivity contribution < 1.29 is 26.3 Å². The van der Waals surface area contributed by atoms with E-state index in [1.807, 2.05) is 0 Å². The molecule has 1 aromatic carbocycles. The molecule has 0 aliphatic heterocycles. The van der Waals surface area contributed by atoms with E-state index in [1.54, 1.807) is 6.92 Å². The van der Waals surface area contributed by atoms with Gasteiger partial charge in [-0.2, -0.15) is 13.2 Å². The van der Waals surface area contributed by atoms with Gasteiger partial charge in [-0.05, 0) is 19.1 Å². The van der Waals surface area contributed by atoms with E-state index in [0.29, 0.717) is 0 Å². The highest BCUT2D eigenvalue weighted by molar-refractivity contribution is 7.92. The Labute approximate surface area is 109 Å². The molecule has 1 N–H and O–H groups in total. The molecule has 0 spiro atoms. The second-order valence-corrected chi connectivity index (χ2v) is 5.86. The predicted octanol–water partition coefficient (Wildman–Crippen LogP) is 2.43. The van der Waals surface area contributed by atoms with Gasteiger partial charge in [-0.1, -0.05) is 12.1 Å². The van der Waals surface area contributed by atoms with Gasteiger partial charge in [-0.15, -0.1) is 0 Å². The average molecular weight is 297 g/mol. The fourth-order valence-electron chi connectivity index (χ4n) is 1.50. The first-order valence-electron chi connectivity index (χ1n) is 5.36. The van der Waals surface area contributed by atoms with E-state index >= 15 is 0 Å². The third-order valence-electron chi connectivity index (χ3n) is 2.30. The highest BCUT2D eigenvalue weighted by Crippen LogP contribution is 2.34. The normalized spacial score (nSPS) is 14.2. The monoisotopic (exact) mass is 297 g/mol. The molecule has 0 aliphatic rings. The zero-order valence-electron chi connectivity index (χ0n) is 10.4. The quantitative estimate of drug-likeness (QED) is 0.907. The lowest BCUT2D eigenvalue weighted by atomic mass is 10.3. The minimum Gasteiger partial charge on any atom is -0.383 e. The largest absolute Gasteiger partial charge is 0.501 e. The van der Waals surface area contributed by atoms with Gasteiger partial charge in [0.15, 0.2) is 0 Å². The van der Waals surface area contributed by atoms with Gasteiger partial charge in [0.2, 0.25) is 0 Å². The smallest absolute Gasteiger partial charge is 0.383 e. The first-order valence-corrected chi connectivity index (χ1v) is 6.84. The van der Waals surface area contributed by atoms with Crippen LogP contribution < -0.4 is 5.32 Å². The summed E-state index contributed by atoms with van der Waals surface area (Å²) in [6, 6.07) is 4.58. The van der Waals surface area contributed by atoms with Crippen LogP contribution in [-0.2, 0) is 14.6 Å². The highest BCUT2D eigenvalue weighted by Gasteiger charge is 2.47. The van der Waals surface area contributed by atoms with Gasteiger partial charge in [0.25, 0.3) is 9.84 Å². The Balaban J connectivity index is 3.17. The van der Waals surface area contributed by atoms with Crippen molar-refractivity contribution in [3.63, 3.8) is 0 Å². The summed E-state index contributed by atoms with van der Waals surface area (Å²) in [5.41, 5.74) is -5.42. The number of nitrogens with one attached hydrogen (secondary N) is 1. The molecule has 0 bridgehead atoms. The molecule has 0 amide bonds. The number of ether oxygens (including phenoxy) is 1. The fraction of sp³-hybridized carbons (Fsp3) is 0.455. The molecule has 0 saturated carbocycles. The van der Waals surface area contributed by atoms with Crippen molar-refractivity contribution >= 4 is 15.5 Å². The number of halogens is 3. The second kappa shape index (κ2) is 5.79. The Morgan fingerprint density at radius 3 is 2.42 bits per heavy atom. The molecular weight excluding hydrogens is 283 g/mol. The summed E-state index contributed by atoms with van der Waals surface area (Å²) in [5, 5.41) is 2.69. The van der Waals surface area contributed by atoms with Gasteiger partial charge in [-0.3, -0.25) is 0 Å². The van der Waals surface area contributed by atoms with Crippen LogP contribution in [0.3, 0.4) is 0 Å². The molecule has 19 heavy (non-hydrogen) atoms. The van der Waals surface area contributed by atoms with E-state index in [4.69, 9.17) is 4.74 Å². The standard InChI is InChI=1S/C11H14F3NO3S/c1-8(7-18-2)15-9-5-3-4-6-10(9)19(16,17)11(12,13)14/h3-6,8,15H,7H2,1-2H3. The van der Waals surface area contributed by atoms with Gasteiger partial charge in [-0.25, -0.2) is 8.42 Å². The molecular formula is C11H14F3NO3S. The van der Waals surface area contributed by atoms with Crippen molar-refractivity contribution in [3.8, 4) is 0 Å². The number of hydrogen-bond acceptors (Lipinski definition) is 4. The number of para-hydroxylation sites is 1. The van der Waals surface area contributed by atoms with Crippen LogP contribution in [-0.4, -0.2) is 33.7 Å². The second-order valence-electron chi connectivity index (χ2n) is 3.95. The Morgan fingerprint density at radius 1 is 1.32 bits per heavy atom. The van der Waals surface area contributed by atoms with E-state index in [1.165, 1.54) is 25.3 Å². The van der Waals surface area contributed by atoms with Crippen LogP contribution in [0.2, 0.25) is 0 Å². The number of anilines is 1. The predicted molar refractivity (Wildman–Crippen MR) is 64.6 cm³/mol. The van der Waals surface area contributed by atoms with Crippen molar-refractivity contribution in [2.75, 3.05) is 19.0 Å². The first-order chi connectivity index (χ1) is 8.70. The van der Waals surface area contributed by atoms with E-state index in [9.17, 15) is 21.6 Å². The minimum absolute atomic E-state index is 0.0932. The topological polar surface area (TPSA) is 55.4 Å². The summed E-state index contributed by atoms with van der Waals surface area (Å²) in [4.78, 5) is -0.787. The summed E-state index contributed by atoms with van der Waals surface area (Å²) in [6.45, 7) is 1.90. The van der Waals surface area contributed by atoms with Crippen molar-refractivity contribution in [1.29, 1.82) is 0 Å². The Hall–Kier alpha value is -1.28. The van der Waals surface area contributed by atoms with Crippen molar-refractivity contribution in [1.82, 2.24) is 0 Å². The van der Waals surface area contributed by atoms with Crippen LogP contribution in [0.15, 0.2) is 29.2 Å². The molecule has 1 aromatic rings. The maximum atomic E-state index is 12.5. The zero-order chi connectivity index (χ0) is 14.7. The van der Waals surface area contributed by atoms with Crippen LogP contribution in [0.1, 0.15) is 6.92 Å². The lowest BCUT2D eigenvalue weighted by Gasteiger charge is -2.18. The minimum atomic E-state index is -5.37. The highest BCUT2D eigenvalue weighted by atomic mass is 32.2. The summed E-state index contributed by atoms with van der Waals surface area (Å²) >= 11 is 0. The molecule has 1 rings (SSSR count). The zero-order valence-corrected chi connectivity index (χ0v) is 11.2. The lowest BCUT2D eigenvalue weighted by Crippen LogP contribution is -2.26. The number of sulfone groups is 1. The van der Waals surface area contributed by atoms with Gasteiger partial charge < -0.3 is 10.1 Å². The number of rotatable bonds is 5. The SMILES string of the molecule is COCC(C)Nc1ccccc1S(=O)(=O)C(F)(F)F. The van der Waals surface area contributed by atoms with Crippen molar-refractivity contribution in [2.24, 2.45) is 0 Å². The molecule has 0 fully saturated rings. The Kier molecular flexibility index (Phi) is 4.81. The first kappa shape index (κ1) is 15.8. The summed E-state index contributed by atoms with van der Waals surface area (Å²) in [5.74, 6) is 0. The third kappa shape index (κ3) is 3.60. The molecule has 0 aromatic heterocycles. The van der Waals surface area contributed by atoms with Crippen LogP contribution in [0.4, 0.5) is 18.9 Å². The fourth-order valence-corrected chi connectivity index (χ4v) is 2.43. The van der Waals surface area contributed by atoms with Crippen LogP contribution in [0, 0.1) is 0 Å². The maximum Gasteiger partial charge on any atom is 0.501 e. The van der Waals surface area contributed by atoms with Gasteiger partial charge in [0, 0.05) is 13.2 Å². The van der Waals surface area contributed by atoms with E-state index in [0.717, 1.165) is 6.07 Å². The van der Waals surface area contributed by atoms with Gasteiger partial charge in [0.1, 0.15) is 0 Å². The number of benzene rings is 1. The van der Waals surface area contributed by atoms with Crippen molar-refractivity contribution in [2.45, 2.75) is 23.4 Å². The molecule has 8 heteroatoms. The number of hydrogen-bond donors (Lipinski definition) is 1. The third-order valence-corrected chi connectivity index (χ3v) is 3.84. The average Bonchev–Trinajstić information content (AvgIpc) is 2.28. The molecule has 0 radical (unpaired) electrons. The molecule has 1 unspecified atom stereocenters.